The van der Waals surface area contributed by atoms with Crippen molar-refractivity contribution in [3.63, 3.8) is 0 Å². The monoisotopic (exact) mass is 285 g/mol. The molecule has 2 aliphatic heterocycles. The summed E-state index contributed by atoms with van der Waals surface area (Å²) in [6.07, 6.45) is 4.00. The summed E-state index contributed by atoms with van der Waals surface area (Å²) in [4.78, 5) is 18.7. The van der Waals surface area contributed by atoms with Crippen LogP contribution < -0.4 is 5.73 Å². The van der Waals surface area contributed by atoms with E-state index in [1.54, 1.807) is 0 Å². The molecule has 0 atom stereocenters. The first kappa shape index (κ1) is 14.3. The Balaban J connectivity index is 1.81. The standard InChI is InChI=1S/C17H23N3O/c1-12(2)16(21)20-7-5-17(6-8-20)11-19-15-4-3-13(10-18)9-14(15)17/h3-4,9,11-12H,5-8,10,18H2,1-2H3. The third-order valence-electron chi connectivity index (χ3n) is 4.75. The molecule has 0 radical (unpaired) electrons. The van der Waals surface area contributed by atoms with Crippen LogP contribution >= 0.6 is 0 Å². The minimum Gasteiger partial charge on any atom is -0.342 e. The largest absolute Gasteiger partial charge is 0.342 e. The van der Waals surface area contributed by atoms with Crippen molar-refractivity contribution in [2.45, 2.75) is 38.6 Å². The summed E-state index contributed by atoms with van der Waals surface area (Å²) in [6, 6.07) is 6.31. The fourth-order valence-electron chi connectivity index (χ4n) is 3.37. The summed E-state index contributed by atoms with van der Waals surface area (Å²) in [7, 11) is 0. The molecule has 0 aromatic heterocycles. The molecular formula is C17H23N3O. The number of rotatable bonds is 2. The first-order chi connectivity index (χ1) is 10.1. The van der Waals surface area contributed by atoms with Crippen LogP contribution in [0.5, 0.6) is 0 Å². The van der Waals surface area contributed by atoms with Crippen LogP contribution in [0.25, 0.3) is 0 Å². The molecule has 1 amide bonds. The number of likely N-dealkylation sites (tertiary alicyclic amines) is 1. The SMILES string of the molecule is CC(C)C(=O)N1CCC2(C=Nc3ccc(CN)cc32)CC1. The smallest absolute Gasteiger partial charge is 0.225 e. The molecule has 112 valence electrons. The van der Waals surface area contributed by atoms with Gasteiger partial charge in [-0.05, 0) is 30.0 Å². The van der Waals surface area contributed by atoms with Crippen LogP contribution in [0.2, 0.25) is 0 Å². The van der Waals surface area contributed by atoms with Crippen molar-refractivity contribution in [1.29, 1.82) is 0 Å². The van der Waals surface area contributed by atoms with E-state index < -0.39 is 0 Å². The molecule has 1 spiro atoms. The lowest BCUT2D eigenvalue weighted by molar-refractivity contribution is -0.135. The third-order valence-corrected chi connectivity index (χ3v) is 4.75. The minimum absolute atomic E-state index is 0.00821. The summed E-state index contributed by atoms with van der Waals surface area (Å²) in [6.45, 7) is 6.12. The number of benzene rings is 1. The highest BCUT2D eigenvalue weighted by atomic mass is 16.2. The quantitative estimate of drug-likeness (QED) is 0.907. The van der Waals surface area contributed by atoms with Gasteiger partial charge >= 0.3 is 0 Å². The molecule has 0 saturated carbocycles. The molecule has 4 heteroatoms. The number of hydrogen-bond donors (Lipinski definition) is 1. The van der Waals surface area contributed by atoms with E-state index in [1.807, 2.05) is 24.8 Å². The zero-order chi connectivity index (χ0) is 15.0. The van der Waals surface area contributed by atoms with E-state index in [4.69, 9.17) is 5.73 Å². The number of piperidine rings is 1. The number of aliphatic imine (C=N–C) groups is 1. The van der Waals surface area contributed by atoms with E-state index in [0.717, 1.165) is 37.2 Å². The molecule has 21 heavy (non-hydrogen) atoms. The summed E-state index contributed by atoms with van der Waals surface area (Å²) < 4.78 is 0. The van der Waals surface area contributed by atoms with Crippen LogP contribution in [0.1, 0.15) is 37.8 Å². The van der Waals surface area contributed by atoms with E-state index in [2.05, 4.69) is 23.3 Å². The van der Waals surface area contributed by atoms with Crippen LogP contribution in [0, 0.1) is 5.92 Å². The molecule has 0 bridgehead atoms. The lowest BCUT2D eigenvalue weighted by atomic mass is 9.74. The van der Waals surface area contributed by atoms with Crippen molar-refractivity contribution in [1.82, 2.24) is 4.90 Å². The number of fused-ring (bicyclic) bond motifs is 2. The first-order valence-corrected chi connectivity index (χ1v) is 7.73. The summed E-state index contributed by atoms with van der Waals surface area (Å²) in [5.74, 6) is 0.336. The number of amides is 1. The second-order valence-corrected chi connectivity index (χ2v) is 6.45. The molecule has 1 aromatic rings. The molecule has 0 aliphatic carbocycles. The van der Waals surface area contributed by atoms with E-state index in [9.17, 15) is 4.79 Å². The molecular weight excluding hydrogens is 262 g/mol. The van der Waals surface area contributed by atoms with E-state index in [1.165, 1.54) is 5.56 Å². The van der Waals surface area contributed by atoms with Gasteiger partial charge in [0.2, 0.25) is 5.91 Å². The third kappa shape index (κ3) is 2.38. The normalized spacial score (nSPS) is 19.3. The summed E-state index contributed by atoms with van der Waals surface area (Å²) >= 11 is 0. The van der Waals surface area contributed by atoms with Crippen molar-refractivity contribution in [3.8, 4) is 0 Å². The first-order valence-electron chi connectivity index (χ1n) is 7.73. The molecule has 1 saturated heterocycles. The molecule has 2 N–H and O–H groups in total. The maximum atomic E-state index is 12.1. The van der Waals surface area contributed by atoms with Gasteiger partial charge in [0.1, 0.15) is 0 Å². The van der Waals surface area contributed by atoms with E-state index >= 15 is 0 Å². The van der Waals surface area contributed by atoms with Gasteiger partial charge in [0, 0.05) is 37.2 Å². The number of hydrogen-bond acceptors (Lipinski definition) is 3. The van der Waals surface area contributed by atoms with Gasteiger partial charge in [-0.15, -0.1) is 0 Å². The minimum atomic E-state index is 0.00821. The van der Waals surface area contributed by atoms with Crippen LogP contribution in [0.4, 0.5) is 5.69 Å². The van der Waals surface area contributed by atoms with Gasteiger partial charge in [0.15, 0.2) is 0 Å². The topological polar surface area (TPSA) is 58.7 Å². The Morgan fingerprint density at radius 2 is 2.10 bits per heavy atom. The van der Waals surface area contributed by atoms with Crippen molar-refractivity contribution in [3.05, 3.63) is 29.3 Å². The highest BCUT2D eigenvalue weighted by Gasteiger charge is 2.40. The fourth-order valence-corrected chi connectivity index (χ4v) is 3.37. The molecule has 4 nitrogen and oxygen atoms in total. The number of carbonyl (C=O) groups excluding carboxylic acids is 1. The fraction of sp³-hybridized carbons (Fsp3) is 0.529. The predicted molar refractivity (Wildman–Crippen MR) is 84.8 cm³/mol. The van der Waals surface area contributed by atoms with Crippen LogP contribution in [0.3, 0.4) is 0 Å². The number of carbonyl (C=O) groups is 1. The molecule has 2 aliphatic rings. The Labute approximate surface area is 126 Å². The molecule has 1 aromatic carbocycles. The Kier molecular flexibility index (Phi) is 3.57. The Hall–Kier alpha value is -1.68. The van der Waals surface area contributed by atoms with Gasteiger partial charge < -0.3 is 10.6 Å². The van der Waals surface area contributed by atoms with Gasteiger partial charge in [0.05, 0.1) is 5.69 Å². The molecule has 3 rings (SSSR count). The number of nitrogens with zero attached hydrogens (tertiary/aromatic N) is 2. The second-order valence-electron chi connectivity index (χ2n) is 6.45. The zero-order valence-electron chi connectivity index (χ0n) is 12.8. The Morgan fingerprint density at radius 1 is 1.38 bits per heavy atom. The van der Waals surface area contributed by atoms with Gasteiger partial charge in [-0.25, -0.2) is 0 Å². The van der Waals surface area contributed by atoms with Crippen molar-refractivity contribution in [2.24, 2.45) is 16.6 Å². The zero-order valence-corrected chi connectivity index (χ0v) is 12.8. The Morgan fingerprint density at radius 3 is 2.71 bits per heavy atom. The van der Waals surface area contributed by atoms with Crippen molar-refractivity contribution >= 4 is 17.8 Å². The predicted octanol–water partition coefficient (Wildman–Crippen LogP) is 2.38. The van der Waals surface area contributed by atoms with Gasteiger partial charge in [0.25, 0.3) is 0 Å². The lowest BCUT2D eigenvalue weighted by Gasteiger charge is -2.39. The maximum Gasteiger partial charge on any atom is 0.225 e. The van der Waals surface area contributed by atoms with Crippen molar-refractivity contribution in [2.75, 3.05) is 13.1 Å². The molecule has 1 fully saturated rings. The average molecular weight is 285 g/mol. The lowest BCUT2D eigenvalue weighted by Crippen LogP contribution is -2.46. The van der Waals surface area contributed by atoms with E-state index in [-0.39, 0.29) is 17.2 Å². The van der Waals surface area contributed by atoms with Gasteiger partial charge in [-0.3, -0.25) is 9.79 Å². The highest BCUT2D eigenvalue weighted by molar-refractivity contribution is 5.86. The maximum absolute atomic E-state index is 12.1. The molecule has 2 heterocycles. The van der Waals surface area contributed by atoms with Gasteiger partial charge in [-0.1, -0.05) is 26.0 Å². The average Bonchev–Trinajstić information content (AvgIpc) is 2.85. The summed E-state index contributed by atoms with van der Waals surface area (Å²) in [5.41, 5.74) is 9.28. The highest BCUT2D eigenvalue weighted by Crippen LogP contribution is 2.44. The van der Waals surface area contributed by atoms with Crippen molar-refractivity contribution < 1.29 is 4.79 Å². The van der Waals surface area contributed by atoms with Crippen LogP contribution in [0.15, 0.2) is 23.2 Å². The van der Waals surface area contributed by atoms with Gasteiger partial charge in [-0.2, -0.15) is 0 Å². The Bertz CT molecular complexity index is 584. The number of nitrogens with two attached hydrogens (primary N) is 1. The van der Waals surface area contributed by atoms with E-state index in [0.29, 0.717) is 6.54 Å². The second kappa shape index (κ2) is 5.26. The molecule has 0 unspecified atom stereocenters. The summed E-state index contributed by atoms with van der Waals surface area (Å²) in [5, 5.41) is 0. The van der Waals surface area contributed by atoms with Crippen LogP contribution in [-0.2, 0) is 16.8 Å². The van der Waals surface area contributed by atoms with Crippen LogP contribution in [-0.4, -0.2) is 30.1 Å².